The summed E-state index contributed by atoms with van der Waals surface area (Å²) in [5.41, 5.74) is 1.72. The van der Waals surface area contributed by atoms with E-state index in [1.54, 1.807) is 18.0 Å². The third kappa shape index (κ3) is 3.83. The van der Waals surface area contributed by atoms with Crippen molar-refractivity contribution >= 4 is 17.7 Å². The summed E-state index contributed by atoms with van der Waals surface area (Å²) in [4.78, 5) is 15.8. The van der Waals surface area contributed by atoms with Crippen LogP contribution >= 0.6 is 11.8 Å². The molecule has 0 aliphatic heterocycles. The highest BCUT2D eigenvalue weighted by molar-refractivity contribution is 7.99. The van der Waals surface area contributed by atoms with Crippen molar-refractivity contribution in [3.05, 3.63) is 23.5 Å². The molecule has 0 fully saturated rings. The minimum absolute atomic E-state index is 0.0110. The highest BCUT2D eigenvalue weighted by Gasteiger charge is 2.04. The van der Waals surface area contributed by atoms with E-state index in [0.717, 1.165) is 16.2 Å². The van der Waals surface area contributed by atoms with Gasteiger partial charge in [0.05, 0.1) is 12.3 Å². The number of amides is 1. The summed E-state index contributed by atoms with van der Waals surface area (Å²) >= 11 is 1.65. The SMILES string of the molecule is CC(=O)NCCSc1ccnc(CO)c1C. The lowest BCUT2D eigenvalue weighted by molar-refractivity contribution is -0.118. The van der Waals surface area contributed by atoms with E-state index in [4.69, 9.17) is 5.11 Å². The average Bonchev–Trinajstić information content (AvgIpc) is 2.26. The van der Waals surface area contributed by atoms with Gasteiger partial charge in [0.25, 0.3) is 0 Å². The van der Waals surface area contributed by atoms with Crippen LogP contribution < -0.4 is 5.32 Å². The Kier molecular flexibility index (Phi) is 5.28. The fraction of sp³-hybridized carbons (Fsp3) is 0.455. The van der Waals surface area contributed by atoms with Crippen molar-refractivity contribution in [1.29, 1.82) is 0 Å². The van der Waals surface area contributed by atoms with Gasteiger partial charge in [-0.15, -0.1) is 11.8 Å². The van der Waals surface area contributed by atoms with Crippen LogP contribution in [0.15, 0.2) is 17.2 Å². The number of pyridine rings is 1. The van der Waals surface area contributed by atoms with E-state index in [9.17, 15) is 4.79 Å². The van der Waals surface area contributed by atoms with Gasteiger partial charge < -0.3 is 10.4 Å². The third-order valence-electron chi connectivity index (χ3n) is 2.14. The Bertz CT molecular complexity index is 369. The molecule has 0 unspecified atom stereocenters. The van der Waals surface area contributed by atoms with Gasteiger partial charge in [-0.3, -0.25) is 9.78 Å². The van der Waals surface area contributed by atoms with Crippen molar-refractivity contribution in [1.82, 2.24) is 10.3 Å². The number of aliphatic hydroxyl groups excluding tert-OH is 1. The van der Waals surface area contributed by atoms with E-state index < -0.39 is 0 Å². The third-order valence-corrected chi connectivity index (χ3v) is 3.30. The monoisotopic (exact) mass is 240 g/mol. The van der Waals surface area contributed by atoms with Crippen molar-refractivity contribution in [3.8, 4) is 0 Å². The van der Waals surface area contributed by atoms with Gasteiger partial charge in [0.1, 0.15) is 0 Å². The Balaban J connectivity index is 2.50. The molecule has 88 valence electrons. The Labute approximate surface area is 99.5 Å². The van der Waals surface area contributed by atoms with Crippen LogP contribution in [0, 0.1) is 6.92 Å². The second kappa shape index (κ2) is 6.50. The smallest absolute Gasteiger partial charge is 0.216 e. The molecule has 0 bridgehead atoms. The molecule has 0 spiro atoms. The van der Waals surface area contributed by atoms with Gasteiger partial charge in [0.2, 0.25) is 5.91 Å². The number of thioether (sulfide) groups is 1. The van der Waals surface area contributed by atoms with Gasteiger partial charge in [0, 0.05) is 30.3 Å². The Hall–Kier alpha value is -1.07. The first-order valence-electron chi connectivity index (χ1n) is 5.07. The van der Waals surface area contributed by atoms with E-state index in [1.165, 1.54) is 6.92 Å². The molecule has 2 N–H and O–H groups in total. The maximum absolute atomic E-state index is 10.7. The first kappa shape index (κ1) is 13.0. The van der Waals surface area contributed by atoms with Crippen molar-refractivity contribution in [2.45, 2.75) is 25.3 Å². The highest BCUT2D eigenvalue weighted by Crippen LogP contribution is 2.22. The van der Waals surface area contributed by atoms with Crippen LogP contribution in [-0.4, -0.2) is 28.3 Å². The molecule has 0 radical (unpaired) electrons. The molecule has 1 aromatic heterocycles. The Morgan fingerprint density at radius 2 is 2.38 bits per heavy atom. The molecular weight excluding hydrogens is 224 g/mol. The van der Waals surface area contributed by atoms with E-state index in [1.807, 2.05) is 13.0 Å². The molecular formula is C11H16N2O2S. The van der Waals surface area contributed by atoms with Gasteiger partial charge in [-0.2, -0.15) is 0 Å². The van der Waals surface area contributed by atoms with Crippen LogP contribution in [-0.2, 0) is 11.4 Å². The number of rotatable bonds is 5. The van der Waals surface area contributed by atoms with Crippen molar-refractivity contribution in [2.24, 2.45) is 0 Å². The normalized spacial score (nSPS) is 10.2. The van der Waals surface area contributed by atoms with Crippen molar-refractivity contribution in [3.63, 3.8) is 0 Å². The fourth-order valence-electron chi connectivity index (χ4n) is 1.26. The number of aromatic nitrogens is 1. The number of nitrogens with one attached hydrogen (secondary N) is 1. The molecule has 4 nitrogen and oxygen atoms in total. The average molecular weight is 240 g/mol. The largest absolute Gasteiger partial charge is 0.390 e. The summed E-state index contributed by atoms with van der Waals surface area (Å²) in [5.74, 6) is 0.804. The lowest BCUT2D eigenvalue weighted by atomic mass is 10.2. The summed E-state index contributed by atoms with van der Waals surface area (Å²) in [6, 6.07) is 1.92. The number of nitrogens with zero attached hydrogens (tertiary/aromatic N) is 1. The van der Waals surface area contributed by atoms with Gasteiger partial charge in [-0.05, 0) is 18.6 Å². The lowest BCUT2D eigenvalue weighted by Gasteiger charge is -2.08. The van der Waals surface area contributed by atoms with Crippen molar-refractivity contribution < 1.29 is 9.90 Å². The van der Waals surface area contributed by atoms with Gasteiger partial charge in [0.15, 0.2) is 0 Å². The number of carbonyl (C=O) groups is 1. The van der Waals surface area contributed by atoms with Crippen LogP contribution in [0.3, 0.4) is 0 Å². The zero-order valence-corrected chi connectivity index (χ0v) is 10.3. The van der Waals surface area contributed by atoms with Crippen LogP contribution in [0.2, 0.25) is 0 Å². The summed E-state index contributed by atoms with van der Waals surface area (Å²) in [6.07, 6.45) is 1.69. The first-order valence-corrected chi connectivity index (χ1v) is 6.06. The predicted octanol–water partition coefficient (Wildman–Crippen LogP) is 1.11. The highest BCUT2D eigenvalue weighted by atomic mass is 32.2. The van der Waals surface area contributed by atoms with Crippen LogP contribution in [0.1, 0.15) is 18.2 Å². The first-order chi connectivity index (χ1) is 7.65. The molecule has 0 saturated carbocycles. The second-order valence-corrected chi connectivity index (χ2v) is 4.51. The van der Waals surface area contributed by atoms with Gasteiger partial charge in [-0.25, -0.2) is 0 Å². The van der Waals surface area contributed by atoms with Gasteiger partial charge in [-0.1, -0.05) is 0 Å². The number of carbonyl (C=O) groups excluding carboxylic acids is 1. The van der Waals surface area contributed by atoms with Gasteiger partial charge >= 0.3 is 0 Å². The minimum Gasteiger partial charge on any atom is -0.390 e. The number of hydrogen-bond donors (Lipinski definition) is 2. The van der Waals surface area contributed by atoms with E-state index in [0.29, 0.717) is 12.2 Å². The molecule has 1 aromatic rings. The van der Waals surface area contributed by atoms with Crippen molar-refractivity contribution in [2.75, 3.05) is 12.3 Å². The molecule has 0 aliphatic carbocycles. The quantitative estimate of drug-likeness (QED) is 0.598. The van der Waals surface area contributed by atoms with E-state index in [-0.39, 0.29) is 12.5 Å². The number of hydrogen-bond acceptors (Lipinski definition) is 4. The summed E-state index contributed by atoms with van der Waals surface area (Å²) in [5, 5.41) is 11.8. The molecule has 0 aromatic carbocycles. The zero-order valence-electron chi connectivity index (χ0n) is 9.49. The predicted molar refractivity (Wildman–Crippen MR) is 64.3 cm³/mol. The van der Waals surface area contributed by atoms with Crippen LogP contribution in [0.25, 0.3) is 0 Å². The maximum Gasteiger partial charge on any atom is 0.216 e. The summed E-state index contributed by atoms with van der Waals surface area (Å²) in [6.45, 7) is 4.06. The Morgan fingerprint density at radius 1 is 1.62 bits per heavy atom. The molecule has 0 aliphatic rings. The Morgan fingerprint density at radius 3 is 3.00 bits per heavy atom. The molecule has 1 heterocycles. The maximum atomic E-state index is 10.7. The molecule has 5 heteroatoms. The number of aliphatic hydroxyl groups is 1. The lowest BCUT2D eigenvalue weighted by Crippen LogP contribution is -2.22. The van der Waals surface area contributed by atoms with Crippen LogP contribution in [0.5, 0.6) is 0 Å². The van der Waals surface area contributed by atoms with E-state index in [2.05, 4.69) is 10.3 Å². The van der Waals surface area contributed by atoms with E-state index >= 15 is 0 Å². The minimum atomic E-state index is -0.0358. The fourth-order valence-corrected chi connectivity index (χ4v) is 2.18. The molecule has 0 saturated heterocycles. The second-order valence-electron chi connectivity index (χ2n) is 3.37. The molecule has 1 rings (SSSR count). The zero-order chi connectivity index (χ0) is 12.0. The molecule has 1 amide bonds. The summed E-state index contributed by atoms with van der Waals surface area (Å²) < 4.78 is 0. The molecule has 16 heavy (non-hydrogen) atoms. The summed E-state index contributed by atoms with van der Waals surface area (Å²) in [7, 11) is 0. The molecule has 0 atom stereocenters. The topological polar surface area (TPSA) is 62.2 Å². The standard InChI is InChI=1S/C11H16N2O2S/c1-8-10(7-14)13-4-3-11(8)16-6-5-12-9(2)15/h3-4,14H,5-7H2,1-2H3,(H,12,15). The van der Waals surface area contributed by atoms with Crippen LogP contribution in [0.4, 0.5) is 0 Å².